The largest absolute Gasteiger partial charge is 0.418 e. The molecule has 0 aromatic heterocycles. The second kappa shape index (κ2) is 3.65. The first-order chi connectivity index (χ1) is 6.46. The summed E-state index contributed by atoms with van der Waals surface area (Å²) in [6.07, 6.45) is 0. The van der Waals surface area contributed by atoms with E-state index in [-0.39, 0.29) is 6.61 Å². The number of ether oxygens (including phenoxy) is 2. The van der Waals surface area contributed by atoms with Gasteiger partial charge in [-0.3, -0.25) is 0 Å². The van der Waals surface area contributed by atoms with Crippen molar-refractivity contribution in [1.29, 1.82) is 0 Å². The summed E-state index contributed by atoms with van der Waals surface area (Å²) < 4.78 is 9.52. The normalized spacial score (nSPS) is 19.8. The zero-order chi connectivity index (χ0) is 10.8. The van der Waals surface area contributed by atoms with E-state index in [0.717, 1.165) is 0 Å². The minimum atomic E-state index is -1.24. The Balaban J connectivity index is 2.81. The van der Waals surface area contributed by atoms with Gasteiger partial charge in [0.05, 0.1) is 0 Å². The summed E-state index contributed by atoms with van der Waals surface area (Å²) in [4.78, 5) is 27.0. The second-order valence-corrected chi connectivity index (χ2v) is 3.04. The molecule has 14 heavy (non-hydrogen) atoms. The molecule has 1 heterocycles. The highest BCUT2D eigenvalue weighted by Crippen LogP contribution is 2.17. The molecule has 0 atom stereocenters. The fraction of sp³-hybridized carbons (Fsp3) is 0.625. The van der Waals surface area contributed by atoms with Crippen molar-refractivity contribution in [3.63, 3.8) is 0 Å². The van der Waals surface area contributed by atoms with Crippen LogP contribution in [0, 0.1) is 0 Å². The van der Waals surface area contributed by atoms with E-state index in [0.29, 0.717) is 0 Å². The molecule has 0 N–H and O–H groups in total. The fourth-order valence-corrected chi connectivity index (χ4v) is 0.851. The van der Waals surface area contributed by atoms with Gasteiger partial charge in [0.15, 0.2) is 0 Å². The summed E-state index contributed by atoms with van der Waals surface area (Å²) in [5.41, 5.74) is -0.467. The molecule has 0 aliphatic carbocycles. The molecule has 1 fully saturated rings. The first-order valence-corrected chi connectivity index (χ1v) is 4.13. The molecule has 0 unspecified atom stereocenters. The van der Waals surface area contributed by atoms with Crippen LogP contribution in [-0.2, 0) is 23.9 Å². The van der Waals surface area contributed by atoms with E-state index in [4.69, 9.17) is 9.47 Å². The van der Waals surface area contributed by atoms with Gasteiger partial charge in [0.2, 0.25) is 0 Å². The first kappa shape index (κ1) is 10.5. The number of rotatable bonds is 2. The fourth-order valence-electron chi connectivity index (χ4n) is 0.851. The van der Waals surface area contributed by atoms with Gasteiger partial charge >= 0.3 is 11.9 Å². The number of carbonyl (C=O) groups is 2. The van der Waals surface area contributed by atoms with Gasteiger partial charge in [-0.1, -0.05) is 5.16 Å². The molecule has 0 aromatic rings. The summed E-state index contributed by atoms with van der Waals surface area (Å²) in [5.74, 6) is -2.90. The predicted octanol–water partition coefficient (Wildman–Crippen LogP) is 0.215. The third-order valence-electron chi connectivity index (χ3n) is 1.35. The molecule has 0 spiro atoms. The Hall–Kier alpha value is -1.59. The third-order valence-corrected chi connectivity index (χ3v) is 1.35. The van der Waals surface area contributed by atoms with Crippen LogP contribution in [0.5, 0.6) is 0 Å². The van der Waals surface area contributed by atoms with Crippen LogP contribution in [0.4, 0.5) is 0 Å². The van der Waals surface area contributed by atoms with Crippen molar-refractivity contribution in [3.05, 3.63) is 0 Å². The number of hydrogen-bond acceptors (Lipinski definition) is 6. The highest BCUT2D eigenvalue weighted by Gasteiger charge is 2.41. The molecular weight excluding hydrogens is 190 g/mol. The Morgan fingerprint density at radius 1 is 1.29 bits per heavy atom. The van der Waals surface area contributed by atoms with E-state index >= 15 is 0 Å². The topological polar surface area (TPSA) is 74.2 Å². The van der Waals surface area contributed by atoms with E-state index in [1.165, 1.54) is 13.8 Å². The number of cyclic esters (lactones) is 2. The first-order valence-electron chi connectivity index (χ1n) is 4.13. The van der Waals surface area contributed by atoms with E-state index in [1.807, 2.05) is 0 Å². The van der Waals surface area contributed by atoms with Gasteiger partial charge in [-0.2, -0.15) is 0 Å². The molecule has 1 rings (SSSR count). The van der Waals surface area contributed by atoms with E-state index < -0.39 is 23.4 Å². The average molecular weight is 201 g/mol. The van der Waals surface area contributed by atoms with Gasteiger partial charge < -0.3 is 14.3 Å². The Kier molecular flexibility index (Phi) is 2.73. The molecule has 0 saturated carbocycles. The summed E-state index contributed by atoms with van der Waals surface area (Å²) in [7, 11) is 0. The number of hydrogen-bond donors (Lipinski definition) is 0. The van der Waals surface area contributed by atoms with E-state index in [9.17, 15) is 9.59 Å². The summed E-state index contributed by atoms with van der Waals surface area (Å²) in [6, 6.07) is 0. The third kappa shape index (κ3) is 2.21. The molecule has 1 aliphatic heterocycles. The monoisotopic (exact) mass is 201 g/mol. The lowest BCUT2D eigenvalue weighted by Crippen LogP contribution is -2.46. The van der Waals surface area contributed by atoms with Crippen LogP contribution in [0.25, 0.3) is 0 Å². The number of oxime groups is 1. The van der Waals surface area contributed by atoms with E-state index in [1.54, 1.807) is 6.92 Å². The van der Waals surface area contributed by atoms with Crippen molar-refractivity contribution in [3.8, 4) is 0 Å². The zero-order valence-corrected chi connectivity index (χ0v) is 8.20. The van der Waals surface area contributed by atoms with Crippen molar-refractivity contribution in [2.24, 2.45) is 5.16 Å². The molecule has 0 bridgehead atoms. The smallest absolute Gasteiger partial charge is 0.371 e. The Labute approximate surface area is 80.8 Å². The Bertz CT molecular complexity index is 272. The minimum absolute atomic E-state index is 0.257. The molecule has 1 saturated heterocycles. The molecule has 0 aromatic carbocycles. The van der Waals surface area contributed by atoms with Crippen LogP contribution in [0.1, 0.15) is 20.8 Å². The van der Waals surface area contributed by atoms with Crippen LogP contribution in [0.3, 0.4) is 0 Å². The van der Waals surface area contributed by atoms with Crippen LogP contribution >= 0.6 is 0 Å². The van der Waals surface area contributed by atoms with Crippen LogP contribution in [-0.4, -0.2) is 30.0 Å². The van der Waals surface area contributed by atoms with Crippen molar-refractivity contribution >= 4 is 17.7 Å². The Morgan fingerprint density at radius 3 is 2.21 bits per heavy atom. The van der Waals surface area contributed by atoms with E-state index in [2.05, 4.69) is 9.99 Å². The number of carbonyl (C=O) groups excluding carboxylic acids is 2. The summed E-state index contributed by atoms with van der Waals surface area (Å²) in [6.45, 7) is 4.85. The molecule has 6 nitrogen and oxygen atoms in total. The minimum Gasteiger partial charge on any atom is -0.418 e. The molecule has 0 radical (unpaired) electrons. The number of nitrogens with zero attached hydrogens (tertiary/aromatic N) is 1. The van der Waals surface area contributed by atoms with Gasteiger partial charge in [0, 0.05) is 13.8 Å². The maximum absolute atomic E-state index is 11.2. The molecule has 0 amide bonds. The van der Waals surface area contributed by atoms with Gasteiger partial charge in [-0.05, 0) is 6.92 Å². The summed E-state index contributed by atoms with van der Waals surface area (Å²) in [5, 5.41) is 3.30. The lowest BCUT2D eigenvalue weighted by Gasteiger charge is -2.28. The molecular formula is C8H11NO5. The second-order valence-electron chi connectivity index (χ2n) is 3.04. The zero-order valence-electron chi connectivity index (χ0n) is 8.20. The maximum Gasteiger partial charge on any atom is 0.371 e. The van der Waals surface area contributed by atoms with Crippen LogP contribution in [0.2, 0.25) is 0 Å². The van der Waals surface area contributed by atoms with Gasteiger partial charge in [-0.25, -0.2) is 9.59 Å². The quantitative estimate of drug-likeness (QED) is 0.471. The van der Waals surface area contributed by atoms with Crippen molar-refractivity contribution < 1.29 is 23.9 Å². The SMILES string of the molecule is CCON=C1C(=O)OC(C)(C)OC1=O. The van der Waals surface area contributed by atoms with Crippen LogP contribution in [0.15, 0.2) is 5.16 Å². The van der Waals surface area contributed by atoms with Crippen LogP contribution < -0.4 is 0 Å². The highest BCUT2D eigenvalue weighted by molar-refractivity contribution is 6.63. The van der Waals surface area contributed by atoms with Gasteiger partial charge in [-0.15, -0.1) is 0 Å². The standard InChI is InChI=1S/C8H11NO5/c1-4-12-9-5-6(10)13-8(2,3)14-7(5)11/h4H2,1-3H3. The van der Waals surface area contributed by atoms with Crippen molar-refractivity contribution in [2.75, 3.05) is 6.61 Å². The lowest BCUT2D eigenvalue weighted by molar-refractivity contribution is -0.215. The highest BCUT2D eigenvalue weighted by atomic mass is 16.7. The van der Waals surface area contributed by atoms with Gasteiger partial charge in [0.1, 0.15) is 6.61 Å². The van der Waals surface area contributed by atoms with Gasteiger partial charge in [0.25, 0.3) is 11.5 Å². The Morgan fingerprint density at radius 2 is 1.79 bits per heavy atom. The van der Waals surface area contributed by atoms with Crippen molar-refractivity contribution in [2.45, 2.75) is 26.6 Å². The summed E-state index contributed by atoms with van der Waals surface area (Å²) >= 11 is 0. The lowest BCUT2D eigenvalue weighted by atomic mass is 10.3. The molecule has 78 valence electrons. The number of esters is 2. The maximum atomic E-state index is 11.2. The molecule has 6 heteroatoms. The predicted molar refractivity (Wildman–Crippen MR) is 45.3 cm³/mol. The molecule has 1 aliphatic rings. The average Bonchev–Trinajstić information content (AvgIpc) is 2.00. The van der Waals surface area contributed by atoms with Crippen molar-refractivity contribution in [1.82, 2.24) is 0 Å².